The summed E-state index contributed by atoms with van der Waals surface area (Å²) in [4.78, 5) is 16.8. The minimum atomic E-state index is 0.722. The Labute approximate surface area is 196 Å². The highest BCUT2D eigenvalue weighted by Gasteiger charge is 2.23. The van der Waals surface area contributed by atoms with E-state index in [1.54, 1.807) is 7.11 Å². The molecule has 170 valence electrons. The average Bonchev–Trinajstić information content (AvgIpc) is 3.49. The third-order valence-electron chi connectivity index (χ3n) is 6.56. The summed E-state index contributed by atoms with van der Waals surface area (Å²) in [5.41, 5.74) is 8.81. The van der Waals surface area contributed by atoms with Crippen molar-refractivity contribution in [2.24, 2.45) is 0 Å². The van der Waals surface area contributed by atoms with Crippen LogP contribution < -0.4 is 4.74 Å². The highest BCUT2D eigenvalue weighted by molar-refractivity contribution is 6.16. The van der Waals surface area contributed by atoms with Gasteiger partial charge >= 0.3 is 0 Å². The second-order valence-electron chi connectivity index (χ2n) is 8.64. The SMILES string of the molecule is CCc1[nH]c2ccccc2c1-c1nc(C)nc2[nH]c3cc(-c4c(C)noc4C)c(OC)cc3c12. The normalized spacial score (nSPS) is 11.8. The Hall–Kier alpha value is -4.13. The minimum Gasteiger partial charge on any atom is -0.496 e. The van der Waals surface area contributed by atoms with Gasteiger partial charge in [-0.2, -0.15) is 0 Å². The second kappa shape index (κ2) is 7.45. The number of hydrogen-bond donors (Lipinski definition) is 2. The number of fused-ring (bicyclic) bond motifs is 4. The van der Waals surface area contributed by atoms with Crippen molar-refractivity contribution in [3.8, 4) is 28.1 Å². The molecule has 0 fully saturated rings. The minimum absolute atomic E-state index is 0.722. The molecule has 0 aliphatic carbocycles. The van der Waals surface area contributed by atoms with Crippen molar-refractivity contribution in [3.05, 3.63) is 59.4 Å². The molecule has 0 aliphatic rings. The van der Waals surface area contributed by atoms with Crippen LogP contribution in [0.3, 0.4) is 0 Å². The monoisotopic (exact) mass is 451 g/mol. The number of methoxy groups -OCH3 is 1. The highest BCUT2D eigenvalue weighted by atomic mass is 16.5. The van der Waals surface area contributed by atoms with Gasteiger partial charge in [0.05, 0.1) is 29.4 Å². The fourth-order valence-electron chi connectivity index (χ4n) is 5.08. The van der Waals surface area contributed by atoms with Crippen LogP contribution in [0.2, 0.25) is 0 Å². The van der Waals surface area contributed by atoms with Gasteiger partial charge in [-0.05, 0) is 45.4 Å². The van der Waals surface area contributed by atoms with E-state index in [2.05, 4.69) is 58.4 Å². The molecule has 0 aliphatic heterocycles. The van der Waals surface area contributed by atoms with Crippen LogP contribution in [0.1, 0.15) is 29.9 Å². The number of hydrogen-bond acceptors (Lipinski definition) is 5. The Morgan fingerprint density at radius 1 is 0.941 bits per heavy atom. The Morgan fingerprint density at radius 3 is 2.50 bits per heavy atom. The molecule has 4 aromatic heterocycles. The summed E-state index contributed by atoms with van der Waals surface area (Å²) < 4.78 is 11.3. The van der Waals surface area contributed by atoms with Gasteiger partial charge in [0.25, 0.3) is 0 Å². The van der Waals surface area contributed by atoms with Gasteiger partial charge in [-0.15, -0.1) is 0 Å². The molecule has 0 amide bonds. The molecule has 0 spiro atoms. The number of nitrogens with zero attached hydrogens (tertiary/aromatic N) is 3. The van der Waals surface area contributed by atoms with E-state index in [9.17, 15) is 0 Å². The summed E-state index contributed by atoms with van der Waals surface area (Å²) in [5, 5.41) is 7.30. The zero-order valence-electron chi connectivity index (χ0n) is 19.8. The average molecular weight is 452 g/mol. The quantitative estimate of drug-likeness (QED) is 0.323. The van der Waals surface area contributed by atoms with E-state index < -0.39 is 0 Å². The van der Waals surface area contributed by atoms with Crippen molar-refractivity contribution < 1.29 is 9.26 Å². The third kappa shape index (κ3) is 2.86. The first-order valence-corrected chi connectivity index (χ1v) is 11.4. The predicted molar refractivity (Wildman–Crippen MR) is 134 cm³/mol. The molecule has 6 rings (SSSR count). The maximum atomic E-state index is 5.84. The Balaban J connectivity index is 1.72. The van der Waals surface area contributed by atoms with Crippen LogP contribution in [0.15, 0.2) is 40.9 Å². The lowest BCUT2D eigenvalue weighted by molar-refractivity contribution is 0.393. The fourth-order valence-corrected chi connectivity index (χ4v) is 5.08. The highest BCUT2D eigenvalue weighted by Crippen LogP contribution is 2.43. The molecular weight excluding hydrogens is 426 g/mol. The summed E-state index contributed by atoms with van der Waals surface area (Å²) >= 11 is 0. The number of aryl methyl sites for hydroxylation is 4. The maximum Gasteiger partial charge on any atom is 0.142 e. The molecule has 6 aromatic rings. The number of para-hydroxylation sites is 1. The smallest absolute Gasteiger partial charge is 0.142 e. The first-order valence-electron chi connectivity index (χ1n) is 11.4. The van der Waals surface area contributed by atoms with Crippen LogP contribution in [0.4, 0.5) is 0 Å². The van der Waals surface area contributed by atoms with Crippen LogP contribution in [-0.2, 0) is 6.42 Å². The summed E-state index contributed by atoms with van der Waals surface area (Å²) in [6.45, 7) is 7.95. The van der Waals surface area contributed by atoms with Crippen LogP contribution in [0, 0.1) is 20.8 Å². The van der Waals surface area contributed by atoms with Gasteiger partial charge in [-0.25, -0.2) is 9.97 Å². The lowest BCUT2D eigenvalue weighted by atomic mass is 9.98. The molecule has 7 heteroatoms. The van der Waals surface area contributed by atoms with Crippen molar-refractivity contribution in [1.29, 1.82) is 0 Å². The largest absolute Gasteiger partial charge is 0.496 e. The van der Waals surface area contributed by atoms with Crippen LogP contribution in [-0.4, -0.2) is 32.2 Å². The molecule has 2 aromatic carbocycles. The summed E-state index contributed by atoms with van der Waals surface area (Å²) in [7, 11) is 1.69. The molecular formula is C27H25N5O2. The predicted octanol–water partition coefficient (Wildman–Crippen LogP) is 6.41. The number of aromatic amines is 2. The maximum absolute atomic E-state index is 5.84. The second-order valence-corrected chi connectivity index (χ2v) is 8.64. The van der Waals surface area contributed by atoms with Crippen molar-refractivity contribution >= 4 is 32.8 Å². The van der Waals surface area contributed by atoms with E-state index in [1.165, 1.54) is 0 Å². The first kappa shape index (κ1) is 20.5. The molecule has 0 saturated carbocycles. The van der Waals surface area contributed by atoms with Gasteiger partial charge in [0, 0.05) is 38.6 Å². The number of ether oxygens (including phenoxy) is 1. The van der Waals surface area contributed by atoms with Crippen LogP contribution in [0.5, 0.6) is 5.75 Å². The number of rotatable bonds is 4. The van der Waals surface area contributed by atoms with E-state index in [-0.39, 0.29) is 0 Å². The zero-order valence-corrected chi connectivity index (χ0v) is 19.8. The van der Waals surface area contributed by atoms with E-state index >= 15 is 0 Å². The number of benzene rings is 2. The van der Waals surface area contributed by atoms with Crippen molar-refractivity contribution in [2.75, 3.05) is 7.11 Å². The molecule has 0 saturated heterocycles. The molecule has 0 radical (unpaired) electrons. The van der Waals surface area contributed by atoms with E-state index in [4.69, 9.17) is 19.2 Å². The van der Waals surface area contributed by atoms with Crippen molar-refractivity contribution in [3.63, 3.8) is 0 Å². The zero-order chi connectivity index (χ0) is 23.6. The van der Waals surface area contributed by atoms with Crippen LogP contribution in [0.25, 0.3) is 55.2 Å². The van der Waals surface area contributed by atoms with Gasteiger partial charge in [-0.1, -0.05) is 30.3 Å². The van der Waals surface area contributed by atoms with Gasteiger partial charge < -0.3 is 19.2 Å². The number of aromatic nitrogens is 5. The van der Waals surface area contributed by atoms with E-state index in [0.717, 1.165) is 90.4 Å². The lowest BCUT2D eigenvalue weighted by Gasteiger charge is -2.10. The topological polar surface area (TPSA) is 92.6 Å². The standard InChI is InChI=1S/C27H25N5O2/c1-6-19-24(16-9-7-8-10-20(16)30-19)26-25-17-12-22(33-5)18(23-13(2)32-34-14(23)3)11-21(17)31-27(25)29-15(4)28-26/h7-12,30H,6H2,1-5H3,(H,28,29,31). The Kier molecular flexibility index (Phi) is 4.49. The Bertz CT molecular complexity index is 1700. The van der Waals surface area contributed by atoms with Crippen molar-refractivity contribution in [2.45, 2.75) is 34.1 Å². The molecule has 0 unspecified atom stereocenters. The summed E-state index contributed by atoms with van der Waals surface area (Å²) in [5.74, 6) is 2.23. The number of nitrogens with one attached hydrogen (secondary N) is 2. The molecule has 7 nitrogen and oxygen atoms in total. The molecule has 4 heterocycles. The number of H-pyrrole nitrogens is 2. The lowest BCUT2D eigenvalue weighted by Crippen LogP contribution is -1.95. The first-order chi connectivity index (χ1) is 16.5. The van der Waals surface area contributed by atoms with Gasteiger partial charge in [-0.3, -0.25) is 0 Å². The van der Waals surface area contributed by atoms with Gasteiger partial charge in [0.15, 0.2) is 0 Å². The van der Waals surface area contributed by atoms with Gasteiger partial charge in [0.1, 0.15) is 23.0 Å². The molecule has 0 atom stereocenters. The fraction of sp³-hybridized carbons (Fsp3) is 0.222. The molecule has 34 heavy (non-hydrogen) atoms. The third-order valence-corrected chi connectivity index (χ3v) is 6.56. The van der Waals surface area contributed by atoms with Crippen molar-refractivity contribution in [1.82, 2.24) is 25.1 Å². The van der Waals surface area contributed by atoms with Gasteiger partial charge in [0.2, 0.25) is 0 Å². The molecule has 2 N–H and O–H groups in total. The van der Waals surface area contributed by atoms with E-state index in [0.29, 0.717) is 0 Å². The van der Waals surface area contributed by atoms with E-state index in [1.807, 2.05) is 20.8 Å². The summed E-state index contributed by atoms with van der Waals surface area (Å²) in [6.07, 6.45) is 0.871. The Morgan fingerprint density at radius 2 is 1.76 bits per heavy atom. The van der Waals surface area contributed by atoms with Crippen LogP contribution >= 0.6 is 0 Å². The molecule has 0 bridgehead atoms. The summed E-state index contributed by atoms with van der Waals surface area (Å²) in [6, 6.07) is 12.5.